The molecule has 2 fully saturated rings. The third-order valence-corrected chi connectivity index (χ3v) is 5.47. The molecule has 1 atom stereocenters. The zero-order chi connectivity index (χ0) is 18.2. The molecule has 0 saturated carbocycles. The largest absolute Gasteiger partial charge is 0.381 e. The smallest absolute Gasteiger partial charge is 0.317 e. The summed E-state index contributed by atoms with van der Waals surface area (Å²) in [6.07, 6.45) is 6.15. The van der Waals surface area contributed by atoms with Gasteiger partial charge in [-0.1, -0.05) is 12.1 Å². The number of piperidine rings is 2. The van der Waals surface area contributed by atoms with E-state index in [4.69, 9.17) is 4.74 Å². The number of likely N-dealkylation sites (tertiary alicyclic amines) is 1. The first-order chi connectivity index (χ1) is 12.8. The fourth-order valence-electron chi connectivity index (χ4n) is 3.94. The second-order valence-corrected chi connectivity index (χ2v) is 7.49. The summed E-state index contributed by atoms with van der Waals surface area (Å²) >= 11 is 0. The van der Waals surface area contributed by atoms with Gasteiger partial charge >= 0.3 is 6.03 Å². The Morgan fingerprint density at radius 1 is 1.12 bits per heavy atom. The third-order valence-electron chi connectivity index (χ3n) is 5.47. The number of rotatable bonds is 6. The van der Waals surface area contributed by atoms with Crippen molar-refractivity contribution >= 4 is 11.7 Å². The van der Waals surface area contributed by atoms with Crippen molar-refractivity contribution in [3.8, 4) is 0 Å². The van der Waals surface area contributed by atoms with E-state index in [9.17, 15) is 4.79 Å². The van der Waals surface area contributed by atoms with Crippen LogP contribution in [0.15, 0.2) is 24.3 Å². The number of benzene rings is 1. The molecule has 5 nitrogen and oxygen atoms in total. The number of urea groups is 1. The van der Waals surface area contributed by atoms with Gasteiger partial charge in [-0.3, -0.25) is 0 Å². The molecule has 1 N–H and O–H groups in total. The van der Waals surface area contributed by atoms with E-state index < -0.39 is 0 Å². The first-order valence-electron chi connectivity index (χ1n) is 10.2. The number of hydrogen-bond donors (Lipinski definition) is 1. The highest BCUT2D eigenvalue weighted by Crippen LogP contribution is 2.20. The van der Waals surface area contributed by atoms with E-state index in [0.29, 0.717) is 12.5 Å². The molecule has 144 valence electrons. The maximum absolute atomic E-state index is 12.5. The van der Waals surface area contributed by atoms with Crippen molar-refractivity contribution < 1.29 is 9.53 Å². The fourth-order valence-corrected chi connectivity index (χ4v) is 3.94. The van der Waals surface area contributed by atoms with Crippen LogP contribution < -0.4 is 10.2 Å². The summed E-state index contributed by atoms with van der Waals surface area (Å²) in [5.41, 5.74) is 2.46. The Hall–Kier alpha value is -1.75. The molecule has 1 aromatic carbocycles. The van der Waals surface area contributed by atoms with Crippen molar-refractivity contribution in [2.24, 2.45) is 5.92 Å². The summed E-state index contributed by atoms with van der Waals surface area (Å²) in [4.78, 5) is 16.9. The van der Waals surface area contributed by atoms with Crippen LogP contribution in [-0.2, 0) is 11.3 Å². The molecule has 0 aliphatic carbocycles. The maximum atomic E-state index is 12.5. The number of nitrogens with one attached hydrogen (secondary N) is 1. The molecule has 0 bridgehead atoms. The average molecular weight is 360 g/mol. The Kier molecular flexibility index (Phi) is 7.18. The summed E-state index contributed by atoms with van der Waals surface area (Å²) in [6, 6.07) is 8.69. The molecule has 1 aromatic rings. The van der Waals surface area contributed by atoms with Gasteiger partial charge in [0.25, 0.3) is 0 Å². The van der Waals surface area contributed by atoms with Crippen LogP contribution in [0.3, 0.4) is 0 Å². The predicted molar refractivity (Wildman–Crippen MR) is 106 cm³/mol. The van der Waals surface area contributed by atoms with E-state index >= 15 is 0 Å². The summed E-state index contributed by atoms with van der Waals surface area (Å²) in [5.74, 6) is 0.471. The van der Waals surface area contributed by atoms with E-state index in [1.807, 2.05) is 11.8 Å². The van der Waals surface area contributed by atoms with Gasteiger partial charge in [0.15, 0.2) is 0 Å². The standard InChI is InChI=1S/C21H33N3O2/c1-2-26-17-19-7-6-14-24(16-19)21(25)22-15-18-8-10-20(11-9-18)23-12-4-3-5-13-23/h8-11,19H,2-7,12-17H2,1H3,(H,22,25). The van der Waals surface area contributed by atoms with Crippen molar-refractivity contribution in [2.45, 2.75) is 45.6 Å². The highest BCUT2D eigenvalue weighted by molar-refractivity contribution is 5.74. The van der Waals surface area contributed by atoms with Gasteiger partial charge in [0, 0.05) is 50.9 Å². The first-order valence-corrected chi connectivity index (χ1v) is 10.2. The Morgan fingerprint density at radius 2 is 1.88 bits per heavy atom. The number of hydrogen-bond acceptors (Lipinski definition) is 3. The van der Waals surface area contributed by atoms with E-state index in [1.165, 1.54) is 24.9 Å². The molecular weight excluding hydrogens is 326 g/mol. The Morgan fingerprint density at radius 3 is 2.62 bits per heavy atom. The monoisotopic (exact) mass is 359 g/mol. The van der Waals surface area contributed by atoms with E-state index in [0.717, 1.165) is 57.8 Å². The lowest BCUT2D eigenvalue weighted by Gasteiger charge is -2.32. The molecule has 0 spiro atoms. The molecule has 0 aromatic heterocycles. The van der Waals surface area contributed by atoms with E-state index in [-0.39, 0.29) is 6.03 Å². The average Bonchev–Trinajstić information content (AvgIpc) is 2.71. The highest BCUT2D eigenvalue weighted by Gasteiger charge is 2.23. The van der Waals surface area contributed by atoms with Gasteiger partial charge in [-0.2, -0.15) is 0 Å². The Labute approximate surface area is 157 Å². The normalized spacial score (nSPS) is 20.9. The van der Waals surface area contributed by atoms with Crippen molar-refractivity contribution in [1.82, 2.24) is 10.2 Å². The Bertz CT molecular complexity index is 555. The quantitative estimate of drug-likeness (QED) is 0.843. The lowest BCUT2D eigenvalue weighted by Crippen LogP contribution is -2.46. The van der Waals surface area contributed by atoms with Crippen LogP contribution in [0.5, 0.6) is 0 Å². The lowest BCUT2D eigenvalue weighted by atomic mass is 9.99. The third kappa shape index (κ3) is 5.37. The van der Waals surface area contributed by atoms with Crippen LogP contribution in [-0.4, -0.2) is 50.3 Å². The van der Waals surface area contributed by atoms with Crippen molar-refractivity contribution in [2.75, 3.05) is 44.3 Å². The summed E-state index contributed by atoms with van der Waals surface area (Å²) in [7, 11) is 0. The molecule has 3 rings (SSSR count). The summed E-state index contributed by atoms with van der Waals surface area (Å²) < 4.78 is 5.53. The van der Waals surface area contributed by atoms with Gasteiger partial charge in [0.1, 0.15) is 0 Å². The topological polar surface area (TPSA) is 44.8 Å². The van der Waals surface area contributed by atoms with Crippen LogP contribution in [0.4, 0.5) is 10.5 Å². The molecule has 2 saturated heterocycles. The van der Waals surface area contributed by atoms with Gasteiger partial charge in [-0.25, -0.2) is 4.79 Å². The van der Waals surface area contributed by atoms with Crippen molar-refractivity contribution in [1.29, 1.82) is 0 Å². The first kappa shape index (κ1) is 19.0. The molecular formula is C21H33N3O2. The number of anilines is 1. The summed E-state index contributed by atoms with van der Waals surface area (Å²) in [6.45, 7) is 8.09. The van der Waals surface area contributed by atoms with E-state index in [1.54, 1.807) is 0 Å². The molecule has 0 radical (unpaired) electrons. The minimum absolute atomic E-state index is 0.0475. The molecule has 2 heterocycles. The number of carbonyl (C=O) groups excluding carboxylic acids is 1. The minimum Gasteiger partial charge on any atom is -0.381 e. The van der Waals surface area contributed by atoms with Crippen LogP contribution in [0, 0.1) is 5.92 Å². The molecule has 5 heteroatoms. The highest BCUT2D eigenvalue weighted by atomic mass is 16.5. The maximum Gasteiger partial charge on any atom is 0.317 e. The molecule has 2 aliphatic heterocycles. The summed E-state index contributed by atoms with van der Waals surface area (Å²) in [5, 5.41) is 3.08. The van der Waals surface area contributed by atoms with Gasteiger partial charge in [0.2, 0.25) is 0 Å². The lowest BCUT2D eigenvalue weighted by molar-refractivity contribution is 0.0756. The van der Waals surface area contributed by atoms with Crippen molar-refractivity contribution in [3.05, 3.63) is 29.8 Å². The number of nitrogens with zero attached hydrogens (tertiary/aromatic N) is 2. The number of ether oxygens (including phenoxy) is 1. The SMILES string of the molecule is CCOCC1CCCN(C(=O)NCc2ccc(N3CCCCC3)cc2)C1. The van der Waals surface area contributed by atoms with Gasteiger partial charge in [-0.15, -0.1) is 0 Å². The van der Waals surface area contributed by atoms with Crippen LogP contribution in [0.25, 0.3) is 0 Å². The number of amides is 2. The zero-order valence-corrected chi connectivity index (χ0v) is 16.1. The molecule has 2 aliphatic rings. The number of carbonyl (C=O) groups is 1. The van der Waals surface area contributed by atoms with Crippen LogP contribution >= 0.6 is 0 Å². The predicted octanol–water partition coefficient (Wildman–Crippen LogP) is 3.64. The second-order valence-electron chi connectivity index (χ2n) is 7.49. The second kappa shape index (κ2) is 9.81. The van der Waals surface area contributed by atoms with Gasteiger partial charge < -0.3 is 19.9 Å². The van der Waals surface area contributed by atoms with Crippen molar-refractivity contribution in [3.63, 3.8) is 0 Å². The van der Waals surface area contributed by atoms with E-state index in [2.05, 4.69) is 34.5 Å². The van der Waals surface area contributed by atoms with Gasteiger partial charge in [0.05, 0.1) is 6.61 Å². The van der Waals surface area contributed by atoms with Gasteiger partial charge in [-0.05, 0) is 56.7 Å². The minimum atomic E-state index is 0.0475. The molecule has 2 amide bonds. The Balaban J connectivity index is 1.45. The molecule has 26 heavy (non-hydrogen) atoms. The fraction of sp³-hybridized carbons (Fsp3) is 0.667. The molecule has 1 unspecified atom stereocenters. The van der Waals surface area contributed by atoms with Crippen LogP contribution in [0.1, 0.15) is 44.6 Å². The zero-order valence-electron chi connectivity index (χ0n) is 16.1. The van der Waals surface area contributed by atoms with Crippen LogP contribution in [0.2, 0.25) is 0 Å².